The van der Waals surface area contributed by atoms with Crippen LogP contribution in [0.5, 0.6) is 5.88 Å². The fourth-order valence-electron chi connectivity index (χ4n) is 2.14. The summed E-state index contributed by atoms with van der Waals surface area (Å²) in [6, 6.07) is 4.49. The van der Waals surface area contributed by atoms with Crippen LogP contribution in [0.25, 0.3) is 0 Å². The summed E-state index contributed by atoms with van der Waals surface area (Å²) < 4.78 is 34.4. The van der Waals surface area contributed by atoms with Gasteiger partial charge in [-0.25, -0.2) is 13.8 Å². The van der Waals surface area contributed by atoms with Crippen LogP contribution in [0.15, 0.2) is 18.2 Å². The molecule has 1 aromatic heterocycles. The van der Waals surface area contributed by atoms with Gasteiger partial charge in [-0.05, 0) is 25.8 Å². The second-order valence-corrected chi connectivity index (χ2v) is 5.23. The zero-order valence-electron chi connectivity index (χ0n) is 11.8. The summed E-state index contributed by atoms with van der Waals surface area (Å²) >= 11 is 0. The molecule has 1 aliphatic heterocycles. The second kappa shape index (κ2) is 6.80. The lowest BCUT2D eigenvalue weighted by atomic mass is 9.95. The van der Waals surface area contributed by atoms with E-state index in [1.807, 2.05) is 6.92 Å². The molecule has 21 heavy (non-hydrogen) atoms. The Kier molecular flexibility index (Phi) is 5.06. The van der Waals surface area contributed by atoms with E-state index in [1.165, 1.54) is 12.1 Å². The largest absolute Gasteiger partial charge is 0.472 e. The number of carbonyl (C=O) groups is 1. The van der Waals surface area contributed by atoms with Crippen molar-refractivity contribution >= 4 is 5.91 Å². The minimum Gasteiger partial charge on any atom is -0.472 e. The molecule has 1 amide bonds. The Bertz CT molecular complexity index is 491. The maximum Gasteiger partial charge on any atom is 0.272 e. The van der Waals surface area contributed by atoms with Gasteiger partial charge in [-0.15, -0.1) is 0 Å². The standard InChI is InChI=1S/C14H18F2N2O3/c1-14(6-3-7-20-9-14)18-13(19)10-4-2-5-12(17-10)21-8-11(15)16/h2,4-5,11H,3,6-9H2,1H3,(H,18,19). The summed E-state index contributed by atoms with van der Waals surface area (Å²) in [6.45, 7) is 2.30. The Balaban J connectivity index is 2.00. The molecule has 2 heterocycles. The first-order valence-electron chi connectivity index (χ1n) is 6.77. The van der Waals surface area contributed by atoms with E-state index < -0.39 is 18.6 Å². The molecular formula is C14H18F2N2O3. The summed E-state index contributed by atoms with van der Waals surface area (Å²) in [5.41, 5.74) is -0.301. The highest BCUT2D eigenvalue weighted by atomic mass is 19.3. The number of amides is 1. The van der Waals surface area contributed by atoms with Crippen LogP contribution in [0.1, 0.15) is 30.3 Å². The molecule has 1 unspecified atom stereocenters. The van der Waals surface area contributed by atoms with Gasteiger partial charge in [0.1, 0.15) is 5.69 Å². The van der Waals surface area contributed by atoms with Crippen LogP contribution in [0.2, 0.25) is 0 Å². The average Bonchev–Trinajstić information content (AvgIpc) is 2.45. The van der Waals surface area contributed by atoms with Gasteiger partial charge in [0.25, 0.3) is 12.3 Å². The highest BCUT2D eigenvalue weighted by molar-refractivity contribution is 5.92. The third kappa shape index (κ3) is 4.63. The van der Waals surface area contributed by atoms with Crippen LogP contribution >= 0.6 is 0 Å². The van der Waals surface area contributed by atoms with E-state index in [-0.39, 0.29) is 17.5 Å². The highest BCUT2D eigenvalue weighted by Crippen LogP contribution is 2.19. The molecule has 0 bridgehead atoms. The van der Waals surface area contributed by atoms with Gasteiger partial charge in [0.2, 0.25) is 5.88 Å². The molecule has 116 valence electrons. The molecular weight excluding hydrogens is 282 g/mol. The van der Waals surface area contributed by atoms with Crippen molar-refractivity contribution in [2.75, 3.05) is 19.8 Å². The Labute approximate surface area is 121 Å². The molecule has 0 aromatic carbocycles. The monoisotopic (exact) mass is 300 g/mol. The number of carbonyl (C=O) groups excluding carboxylic acids is 1. The van der Waals surface area contributed by atoms with Crippen molar-refractivity contribution < 1.29 is 23.0 Å². The predicted molar refractivity (Wildman–Crippen MR) is 71.7 cm³/mol. The first-order chi connectivity index (χ1) is 9.98. The molecule has 1 atom stereocenters. The summed E-state index contributed by atoms with van der Waals surface area (Å²) in [5, 5.41) is 2.87. The molecule has 1 N–H and O–H groups in total. The number of halogens is 2. The first-order valence-corrected chi connectivity index (χ1v) is 6.77. The normalized spacial score (nSPS) is 22.1. The number of nitrogens with one attached hydrogen (secondary N) is 1. The lowest BCUT2D eigenvalue weighted by molar-refractivity contribution is 0.0271. The summed E-state index contributed by atoms with van der Waals surface area (Å²) in [6.07, 6.45) is -0.884. The van der Waals surface area contributed by atoms with Gasteiger partial charge in [-0.1, -0.05) is 6.07 Å². The van der Waals surface area contributed by atoms with Crippen LogP contribution in [-0.2, 0) is 4.74 Å². The van der Waals surface area contributed by atoms with Crippen LogP contribution in [0.3, 0.4) is 0 Å². The zero-order chi connectivity index (χ0) is 15.3. The lowest BCUT2D eigenvalue weighted by Gasteiger charge is -2.34. The third-order valence-corrected chi connectivity index (χ3v) is 3.17. The molecule has 5 nitrogen and oxygen atoms in total. The van der Waals surface area contributed by atoms with E-state index in [1.54, 1.807) is 6.07 Å². The minimum atomic E-state index is -2.58. The van der Waals surface area contributed by atoms with Gasteiger partial charge in [-0.2, -0.15) is 0 Å². The molecule has 2 rings (SSSR count). The molecule has 1 fully saturated rings. The topological polar surface area (TPSA) is 60.5 Å². The number of hydrogen-bond acceptors (Lipinski definition) is 4. The predicted octanol–water partition coefficient (Wildman–Crippen LogP) is 2.02. The van der Waals surface area contributed by atoms with Crippen LogP contribution in [0.4, 0.5) is 8.78 Å². The minimum absolute atomic E-state index is 0.00740. The van der Waals surface area contributed by atoms with Gasteiger partial charge in [0.15, 0.2) is 6.61 Å². The van der Waals surface area contributed by atoms with E-state index in [0.29, 0.717) is 13.2 Å². The Morgan fingerprint density at radius 3 is 3.05 bits per heavy atom. The quantitative estimate of drug-likeness (QED) is 0.904. The van der Waals surface area contributed by atoms with Gasteiger partial charge >= 0.3 is 0 Å². The number of rotatable bonds is 5. The summed E-state index contributed by atoms with van der Waals surface area (Å²) in [7, 11) is 0. The summed E-state index contributed by atoms with van der Waals surface area (Å²) in [4.78, 5) is 16.1. The van der Waals surface area contributed by atoms with E-state index >= 15 is 0 Å². The van der Waals surface area contributed by atoms with Crippen LogP contribution in [-0.4, -0.2) is 42.7 Å². The van der Waals surface area contributed by atoms with Crippen molar-refractivity contribution in [3.05, 3.63) is 23.9 Å². The maximum atomic E-state index is 12.2. The van der Waals surface area contributed by atoms with E-state index in [0.717, 1.165) is 12.8 Å². The first kappa shape index (κ1) is 15.6. The Hall–Kier alpha value is -1.76. The number of ether oxygens (including phenoxy) is 2. The van der Waals surface area contributed by atoms with Gasteiger partial charge < -0.3 is 14.8 Å². The number of pyridine rings is 1. The lowest BCUT2D eigenvalue weighted by Crippen LogP contribution is -2.51. The number of aromatic nitrogens is 1. The van der Waals surface area contributed by atoms with Crippen molar-refractivity contribution in [2.45, 2.75) is 31.7 Å². The van der Waals surface area contributed by atoms with Gasteiger partial charge in [-0.3, -0.25) is 4.79 Å². The van der Waals surface area contributed by atoms with Gasteiger partial charge in [0.05, 0.1) is 12.1 Å². The molecule has 1 saturated heterocycles. The third-order valence-electron chi connectivity index (χ3n) is 3.17. The zero-order valence-corrected chi connectivity index (χ0v) is 11.8. The van der Waals surface area contributed by atoms with Crippen molar-refractivity contribution in [1.82, 2.24) is 10.3 Å². The number of nitrogens with zero attached hydrogens (tertiary/aromatic N) is 1. The number of hydrogen-bond donors (Lipinski definition) is 1. The van der Waals surface area contributed by atoms with Crippen molar-refractivity contribution in [2.24, 2.45) is 0 Å². The van der Waals surface area contributed by atoms with E-state index in [4.69, 9.17) is 9.47 Å². The average molecular weight is 300 g/mol. The smallest absolute Gasteiger partial charge is 0.272 e. The van der Waals surface area contributed by atoms with E-state index in [9.17, 15) is 13.6 Å². The molecule has 0 saturated carbocycles. The SMILES string of the molecule is CC1(NC(=O)c2cccc(OCC(F)F)n2)CCCOC1. The molecule has 1 aliphatic rings. The molecule has 0 spiro atoms. The maximum absolute atomic E-state index is 12.2. The fourth-order valence-corrected chi connectivity index (χ4v) is 2.14. The molecule has 1 aromatic rings. The van der Waals surface area contributed by atoms with Crippen LogP contribution in [0, 0.1) is 0 Å². The number of alkyl halides is 2. The molecule has 7 heteroatoms. The van der Waals surface area contributed by atoms with Crippen LogP contribution < -0.4 is 10.1 Å². The van der Waals surface area contributed by atoms with Crippen molar-refractivity contribution in [1.29, 1.82) is 0 Å². The van der Waals surface area contributed by atoms with E-state index in [2.05, 4.69) is 10.3 Å². The Morgan fingerprint density at radius 1 is 1.57 bits per heavy atom. The highest BCUT2D eigenvalue weighted by Gasteiger charge is 2.30. The Morgan fingerprint density at radius 2 is 2.38 bits per heavy atom. The van der Waals surface area contributed by atoms with Crippen molar-refractivity contribution in [3.63, 3.8) is 0 Å². The van der Waals surface area contributed by atoms with Crippen molar-refractivity contribution in [3.8, 4) is 5.88 Å². The molecule has 0 aliphatic carbocycles. The fraction of sp³-hybridized carbons (Fsp3) is 0.571. The summed E-state index contributed by atoms with van der Waals surface area (Å²) in [5.74, 6) is -0.363. The molecule has 0 radical (unpaired) electrons. The second-order valence-electron chi connectivity index (χ2n) is 5.23. The van der Waals surface area contributed by atoms with Gasteiger partial charge in [0, 0.05) is 12.7 Å².